The fraction of sp³-hybridized carbons (Fsp3) is 0.650. The molecule has 3 heteroatoms. The van der Waals surface area contributed by atoms with Gasteiger partial charge in [-0.2, -0.15) is 0 Å². The predicted octanol–water partition coefficient (Wildman–Crippen LogP) is 4.26. The molecule has 0 N–H and O–H groups in total. The first-order chi connectivity index (χ1) is 10.9. The first-order valence-corrected chi connectivity index (χ1v) is 8.87. The topological polar surface area (TPSA) is 29.5 Å². The second kappa shape index (κ2) is 7.96. The van der Waals surface area contributed by atoms with Gasteiger partial charge in [-0.3, -0.25) is 4.79 Å². The molecule has 1 fully saturated rings. The van der Waals surface area contributed by atoms with E-state index in [0.717, 1.165) is 37.9 Å². The van der Waals surface area contributed by atoms with Gasteiger partial charge < -0.3 is 9.64 Å². The maximum Gasteiger partial charge on any atom is 0.253 e. The molecule has 0 aliphatic carbocycles. The van der Waals surface area contributed by atoms with Crippen molar-refractivity contribution >= 4 is 5.91 Å². The monoisotopic (exact) mass is 317 g/mol. The highest BCUT2D eigenvalue weighted by Crippen LogP contribution is 2.25. The molecule has 3 nitrogen and oxygen atoms in total. The summed E-state index contributed by atoms with van der Waals surface area (Å²) in [6, 6.07) is 6.28. The van der Waals surface area contributed by atoms with E-state index in [9.17, 15) is 4.79 Å². The Labute approximate surface area is 141 Å². The van der Waals surface area contributed by atoms with E-state index in [0.29, 0.717) is 17.9 Å². The zero-order chi connectivity index (χ0) is 17.0. The Balaban J connectivity index is 2.17. The molecule has 23 heavy (non-hydrogen) atoms. The Morgan fingerprint density at radius 3 is 2.39 bits per heavy atom. The maximum absolute atomic E-state index is 12.8. The zero-order valence-corrected chi connectivity index (χ0v) is 15.3. The number of hydrogen-bond acceptors (Lipinski definition) is 2. The molecule has 0 unspecified atom stereocenters. The van der Waals surface area contributed by atoms with Crippen LogP contribution in [-0.2, 0) is 11.2 Å². The molecule has 1 aliphatic rings. The highest BCUT2D eigenvalue weighted by molar-refractivity contribution is 5.94. The highest BCUT2D eigenvalue weighted by Gasteiger charge is 2.24. The molecule has 0 saturated carbocycles. The largest absolute Gasteiger partial charge is 0.381 e. The van der Waals surface area contributed by atoms with Crippen LogP contribution in [0, 0.1) is 5.92 Å². The Morgan fingerprint density at radius 2 is 1.87 bits per heavy atom. The standard InChI is InChI=1S/C20H31NO2/c1-14(2)12-17-13-16(6-7-19(17)15(3)4)20(22)21-10-8-18(23-5)9-11-21/h6-7,13-15,18H,8-12H2,1-5H3. The number of carbonyl (C=O) groups excluding carboxylic acids is 1. The van der Waals surface area contributed by atoms with Crippen LogP contribution in [0.1, 0.15) is 67.9 Å². The van der Waals surface area contributed by atoms with Crippen molar-refractivity contribution in [3.05, 3.63) is 34.9 Å². The summed E-state index contributed by atoms with van der Waals surface area (Å²) in [5.41, 5.74) is 3.53. The van der Waals surface area contributed by atoms with E-state index in [1.807, 2.05) is 11.0 Å². The molecular weight excluding hydrogens is 286 g/mol. The first kappa shape index (κ1) is 18.0. The number of ether oxygens (including phenoxy) is 1. The number of likely N-dealkylation sites (tertiary alicyclic amines) is 1. The molecule has 1 heterocycles. The number of amides is 1. The molecule has 1 amide bonds. The fourth-order valence-electron chi connectivity index (χ4n) is 3.40. The van der Waals surface area contributed by atoms with E-state index in [4.69, 9.17) is 4.74 Å². The van der Waals surface area contributed by atoms with Gasteiger partial charge in [-0.05, 0) is 54.4 Å². The van der Waals surface area contributed by atoms with Crippen LogP contribution in [0.25, 0.3) is 0 Å². The van der Waals surface area contributed by atoms with E-state index < -0.39 is 0 Å². The predicted molar refractivity (Wildman–Crippen MR) is 95.0 cm³/mol. The van der Waals surface area contributed by atoms with E-state index in [2.05, 4.69) is 39.8 Å². The number of nitrogens with zero attached hydrogens (tertiary/aromatic N) is 1. The van der Waals surface area contributed by atoms with E-state index in [-0.39, 0.29) is 5.91 Å². The lowest BCUT2D eigenvalue weighted by Gasteiger charge is -2.31. The maximum atomic E-state index is 12.8. The highest BCUT2D eigenvalue weighted by atomic mass is 16.5. The van der Waals surface area contributed by atoms with Crippen LogP contribution in [0.4, 0.5) is 0 Å². The fourth-order valence-corrected chi connectivity index (χ4v) is 3.40. The van der Waals surface area contributed by atoms with Crippen LogP contribution in [0.15, 0.2) is 18.2 Å². The van der Waals surface area contributed by atoms with E-state index in [1.165, 1.54) is 11.1 Å². The lowest BCUT2D eigenvalue weighted by Crippen LogP contribution is -2.40. The van der Waals surface area contributed by atoms with Crippen LogP contribution in [0.5, 0.6) is 0 Å². The third-order valence-electron chi connectivity index (χ3n) is 4.70. The summed E-state index contributed by atoms with van der Waals surface area (Å²) >= 11 is 0. The van der Waals surface area contributed by atoms with Crippen molar-refractivity contribution in [3.63, 3.8) is 0 Å². The van der Waals surface area contributed by atoms with Crippen molar-refractivity contribution in [2.24, 2.45) is 5.92 Å². The van der Waals surface area contributed by atoms with Gasteiger partial charge in [0.2, 0.25) is 0 Å². The van der Waals surface area contributed by atoms with E-state index >= 15 is 0 Å². The summed E-state index contributed by atoms with van der Waals surface area (Å²) in [6.07, 6.45) is 3.20. The van der Waals surface area contributed by atoms with Gasteiger partial charge >= 0.3 is 0 Å². The number of methoxy groups -OCH3 is 1. The molecule has 128 valence electrons. The molecule has 0 spiro atoms. The van der Waals surface area contributed by atoms with Crippen molar-refractivity contribution in [2.75, 3.05) is 20.2 Å². The molecule has 1 saturated heterocycles. The van der Waals surface area contributed by atoms with E-state index in [1.54, 1.807) is 7.11 Å². The molecule has 0 aromatic heterocycles. The Kier molecular flexibility index (Phi) is 6.23. The lowest BCUT2D eigenvalue weighted by atomic mass is 9.90. The molecule has 2 rings (SSSR count). The minimum Gasteiger partial charge on any atom is -0.381 e. The minimum absolute atomic E-state index is 0.167. The van der Waals surface area contributed by atoms with Gasteiger partial charge in [0, 0.05) is 25.8 Å². The van der Waals surface area contributed by atoms with Gasteiger partial charge in [0.15, 0.2) is 0 Å². The smallest absolute Gasteiger partial charge is 0.253 e. The lowest BCUT2D eigenvalue weighted by molar-refractivity contribution is 0.0350. The molecular formula is C20H31NO2. The summed E-state index contributed by atoms with van der Waals surface area (Å²) in [7, 11) is 1.75. The number of rotatable bonds is 5. The third-order valence-corrected chi connectivity index (χ3v) is 4.70. The molecule has 0 bridgehead atoms. The van der Waals surface area contributed by atoms with Crippen molar-refractivity contribution in [2.45, 2.75) is 59.0 Å². The normalized spacial score (nSPS) is 16.4. The van der Waals surface area contributed by atoms with Crippen LogP contribution in [0.2, 0.25) is 0 Å². The van der Waals surface area contributed by atoms with Crippen molar-refractivity contribution < 1.29 is 9.53 Å². The number of carbonyl (C=O) groups is 1. The van der Waals surface area contributed by atoms with Crippen molar-refractivity contribution in [1.29, 1.82) is 0 Å². The van der Waals surface area contributed by atoms with Crippen molar-refractivity contribution in [1.82, 2.24) is 4.90 Å². The molecule has 1 aromatic rings. The summed E-state index contributed by atoms with van der Waals surface area (Å²) in [4.78, 5) is 14.8. The average molecular weight is 317 g/mol. The van der Waals surface area contributed by atoms with Crippen LogP contribution in [0.3, 0.4) is 0 Å². The first-order valence-electron chi connectivity index (χ1n) is 8.87. The summed E-state index contributed by atoms with van der Waals surface area (Å²) in [5.74, 6) is 1.25. The number of hydrogen-bond donors (Lipinski definition) is 0. The molecule has 1 aliphatic heterocycles. The minimum atomic E-state index is 0.167. The summed E-state index contributed by atoms with van der Waals surface area (Å²) in [5, 5.41) is 0. The average Bonchev–Trinajstić information content (AvgIpc) is 2.53. The number of piperidine rings is 1. The van der Waals surface area contributed by atoms with Crippen molar-refractivity contribution in [3.8, 4) is 0 Å². The van der Waals surface area contributed by atoms with Gasteiger partial charge in [0.05, 0.1) is 6.10 Å². The summed E-state index contributed by atoms with van der Waals surface area (Å²) in [6.45, 7) is 10.5. The quantitative estimate of drug-likeness (QED) is 0.812. The van der Waals surface area contributed by atoms with Crippen LogP contribution >= 0.6 is 0 Å². The SMILES string of the molecule is COC1CCN(C(=O)c2ccc(C(C)C)c(CC(C)C)c2)CC1. The Morgan fingerprint density at radius 1 is 1.22 bits per heavy atom. The van der Waals surface area contributed by atoms with Gasteiger partial charge in [-0.1, -0.05) is 33.8 Å². The molecule has 1 aromatic carbocycles. The Hall–Kier alpha value is -1.35. The third kappa shape index (κ3) is 4.57. The van der Waals surface area contributed by atoms with Crippen LogP contribution < -0.4 is 0 Å². The van der Waals surface area contributed by atoms with Gasteiger partial charge in [-0.25, -0.2) is 0 Å². The van der Waals surface area contributed by atoms with Gasteiger partial charge in [-0.15, -0.1) is 0 Å². The zero-order valence-electron chi connectivity index (χ0n) is 15.3. The van der Waals surface area contributed by atoms with Gasteiger partial charge in [0.1, 0.15) is 0 Å². The molecule has 0 radical (unpaired) electrons. The van der Waals surface area contributed by atoms with Gasteiger partial charge in [0.25, 0.3) is 5.91 Å². The number of benzene rings is 1. The van der Waals surface area contributed by atoms with Crippen LogP contribution in [-0.4, -0.2) is 37.1 Å². The Bertz CT molecular complexity index is 528. The summed E-state index contributed by atoms with van der Waals surface area (Å²) < 4.78 is 5.39. The molecule has 0 atom stereocenters. The second-order valence-electron chi connectivity index (χ2n) is 7.39. The second-order valence-corrected chi connectivity index (χ2v) is 7.39.